The first-order valence-electron chi connectivity index (χ1n) is 5.89. The van der Waals surface area contributed by atoms with Crippen molar-refractivity contribution in [1.82, 2.24) is 10.2 Å². The number of carbonyl (C=O) groups is 1. The lowest BCUT2D eigenvalue weighted by molar-refractivity contribution is -0.192. The fraction of sp³-hybridized carbons (Fsp3) is 0.909. The number of alkyl halides is 3. The third-order valence-corrected chi connectivity index (χ3v) is 2.69. The van der Waals surface area contributed by atoms with Crippen LogP contribution in [0.2, 0.25) is 0 Å². The highest BCUT2D eigenvalue weighted by Crippen LogP contribution is 2.15. The first-order valence-corrected chi connectivity index (χ1v) is 5.89. The van der Waals surface area contributed by atoms with Gasteiger partial charge in [0.25, 0.3) is 0 Å². The summed E-state index contributed by atoms with van der Waals surface area (Å²) in [5.74, 6) is -1.77. The van der Waals surface area contributed by atoms with E-state index in [1.165, 1.54) is 38.9 Å². The molecule has 108 valence electrons. The summed E-state index contributed by atoms with van der Waals surface area (Å²) in [5, 5.41) is 10.5. The number of halogens is 3. The van der Waals surface area contributed by atoms with E-state index >= 15 is 0 Å². The van der Waals surface area contributed by atoms with Crippen LogP contribution in [0.4, 0.5) is 13.2 Å². The summed E-state index contributed by atoms with van der Waals surface area (Å²) in [4.78, 5) is 11.2. The molecule has 1 aliphatic rings. The van der Waals surface area contributed by atoms with Crippen LogP contribution in [0.5, 0.6) is 0 Å². The second-order valence-corrected chi connectivity index (χ2v) is 4.59. The lowest BCUT2D eigenvalue weighted by atomic mass is 9.95. The predicted octanol–water partition coefficient (Wildman–Crippen LogP) is 1.57. The van der Waals surface area contributed by atoms with Gasteiger partial charge in [-0.3, -0.25) is 0 Å². The van der Waals surface area contributed by atoms with E-state index in [9.17, 15) is 13.2 Å². The van der Waals surface area contributed by atoms with E-state index in [4.69, 9.17) is 9.90 Å². The van der Waals surface area contributed by atoms with Crippen LogP contribution in [0.25, 0.3) is 0 Å². The predicted molar refractivity (Wildman–Crippen MR) is 62.5 cm³/mol. The van der Waals surface area contributed by atoms with E-state index in [1.807, 2.05) is 0 Å². The maximum atomic E-state index is 10.6. The monoisotopic (exact) mass is 270 g/mol. The number of piperidine rings is 1. The van der Waals surface area contributed by atoms with Gasteiger partial charge in [0.15, 0.2) is 0 Å². The van der Waals surface area contributed by atoms with E-state index in [1.54, 1.807) is 0 Å². The van der Waals surface area contributed by atoms with Crippen molar-refractivity contribution in [2.75, 3.05) is 33.7 Å². The fourth-order valence-corrected chi connectivity index (χ4v) is 1.61. The van der Waals surface area contributed by atoms with E-state index in [0.29, 0.717) is 0 Å². The quantitative estimate of drug-likeness (QED) is 0.817. The molecule has 0 bridgehead atoms. The zero-order valence-corrected chi connectivity index (χ0v) is 10.8. The molecule has 0 aromatic heterocycles. The first-order chi connectivity index (χ1) is 8.23. The van der Waals surface area contributed by atoms with Crippen molar-refractivity contribution in [3.8, 4) is 0 Å². The number of rotatable bonds is 3. The van der Waals surface area contributed by atoms with Gasteiger partial charge in [-0.2, -0.15) is 13.2 Å². The molecule has 0 saturated carbocycles. The van der Waals surface area contributed by atoms with E-state index in [2.05, 4.69) is 24.3 Å². The Morgan fingerprint density at radius 1 is 1.33 bits per heavy atom. The highest BCUT2D eigenvalue weighted by atomic mass is 19.4. The highest BCUT2D eigenvalue weighted by Gasteiger charge is 2.38. The van der Waals surface area contributed by atoms with Gasteiger partial charge < -0.3 is 15.3 Å². The SMILES string of the molecule is CN(C)CCC1CCNCC1.O=C(O)C(F)(F)F. The fourth-order valence-electron chi connectivity index (χ4n) is 1.61. The zero-order chi connectivity index (χ0) is 14.2. The minimum absolute atomic E-state index is 0.985. The molecule has 0 unspecified atom stereocenters. The Hall–Kier alpha value is -0.820. The summed E-state index contributed by atoms with van der Waals surface area (Å²) in [5.41, 5.74) is 0. The Kier molecular flexibility index (Phi) is 7.93. The van der Waals surface area contributed by atoms with Gasteiger partial charge in [-0.15, -0.1) is 0 Å². The average Bonchev–Trinajstić information content (AvgIpc) is 2.27. The van der Waals surface area contributed by atoms with Crippen LogP contribution >= 0.6 is 0 Å². The Balaban J connectivity index is 0.000000360. The van der Waals surface area contributed by atoms with Gasteiger partial charge in [0, 0.05) is 0 Å². The molecule has 0 amide bonds. The van der Waals surface area contributed by atoms with Crippen LogP contribution in [0.3, 0.4) is 0 Å². The Labute approximate surface area is 105 Å². The number of nitrogens with zero attached hydrogens (tertiary/aromatic N) is 1. The Morgan fingerprint density at radius 2 is 1.78 bits per heavy atom. The van der Waals surface area contributed by atoms with Crippen molar-refractivity contribution in [1.29, 1.82) is 0 Å². The summed E-state index contributed by atoms with van der Waals surface area (Å²) in [6.07, 6.45) is -0.934. The number of aliphatic carboxylic acids is 1. The van der Waals surface area contributed by atoms with E-state index in [-0.39, 0.29) is 0 Å². The molecule has 1 rings (SSSR count). The summed E-state index contributed by atoms with van der Waals surface area (Å²) >= 11 is 0. The maximum Gasteiger partial charge on any atom is 0.490 e. The molecule has 1 saturated heterocycles. The number of hydrogen-bond acceptors (Lipinski definition) is 3. The average molecular weight is 270 g/mol. The lowest BCUT2D eigenvalue weighted by Gasteiger charge is -2.23. The second kappa shape index (κ2) is 8.31. The lowest BCUT2D eigenvalue weighted by Crippen LogP contribution is -2.29. The summed E-state index contributed by atoms with van der Waals surface area (Å²) in [6, 6.07) is 0. The molecule has 0 radical (unpaired) electrons. The van der Waals surface area contributed by atoms with Gasteiger partial charge in [0.1, 0.15) is 0 Å². The highest BCUT2D eigenvalue weighted by molar-refractivity contribution is 5.73. The first kappa shape index (κ1) is 17.2. The van der Waals surface area contributed by atoms with Gasteiger partial charge in [-0.25, -0.2) is 4.79 Å². The molecule has 2 N–H and O–H groups in total. The Bertz CT molecular complexity index is 239. The van der Waals surface area contributed by atoms with Gasteiger partial charge in [-0.1, -0.05) is 0 Å². The van der Waals surface area contributed by atoms with Crippen molar-refractivity contribution in [2.45, 2.75) is 25.4 Å². The largest absolute Gasteiger partial charge is 0.490 e. The van der Waals surface area contributed by atoms with E-state index < -0.39 is 12.1 Å². The van der Waals surface area contributed by atoms with Crippen molar-refractivity contribution >= 4 is 5.97 Å². The van der Waals surface area contributed by atoms with Crippen LogP contribution < -0.4 is 5.32 Å². The number of carboxylic acids is 1. The number of nitrogens with one attached hydrogen (secondary N) is 1. The summed E-state index contributed by atoms with van der Waals surface area (Å²) < 4.78 is 31.7. The van der Waals surface area contributed by atoms with Crippen LogP contribution in [-0.2, 0) is 4.79 Å². The zero-order valence-electron chi connectivity index (χ0n) is 10.8. The van der Waals surface area contributed by atoms with Crippen molar-refractivity contribution in [3.63, 3.8) is 0 Å². The number of hydrogen-bond donors (Lipinski definition) is 2. The summed E-state index contributed by atoms with van der Waals surface area (Å²) in [6.45, 7) is 3.72. The van der Waals surface area contributed by atoms with Crippen LogP contribution in [-0.4, -0.2) is 55.9 Å². The molecule has 0 aliphatic carbocycles. The van der Waals surface area contributed by atoms with Crippen LogP contribution in [0.1, 0.15) is 19.3 Å². The van der Waals surface area contributed by atoms with Crippen molar-refractivity contribution < 1.29 is 23.1 Å². The molecule has 7 heteroatoms. The Morgan fingerprint density at radius 3 is 2.11 bits per heavy atom. The molecule has 1 fully saturated rings. The molecular formula is C11H21F3N2O2. The minimum Gasteiger partial charge on any atom is -0.475 e. The molecule has 0 atom stereocenters. The normalized spacial score (nSPS) is 17.2. The molecule has 1 aliphatic heterocycles. The molecule has 1 heterocycles. The van der Waals surface area contributed by atoms with Gasteiger partial charge >= 0.3 is 12.1 Å². The third-order valence-electron chi connectivity index (χ3n) is 2.69. The third kappa shape index (κ3) is 9.23. The smallest absolute Gasteiger partial charge is 0.475 e. The second-order valence-electron chi connectivity index (χ2n) is 4.59. The standard InChI is InChI=1S/C9H20N2.C2HF3O2/c1-11(2)8-5-9-3-6-10-7-4-9;3-2(4,5)1(6)7/h9-10H,3-8H2,1-2H3;(H,6,7). The van der Waals surface area contributed by atoms with Gasteiger partial charge in [-0.05, 0) is 58.9 Å². The van der Waals surface area contributed by atoms with Crippen molar-refractivity contribution in [3.05, 3.63) is 0 Å². The van der Waals surface area contributed by atoms with Crippen LogP contribution in [0, 0.1) is 5.92 Å². The molecule has 4 nitrogen and oxygen atoms in total. The molecular weight excluding hydrogens is 249 g/mol. The molecule has 18 heavy (non-hydrogen) atoms. The summed E-state index contributed by atoms with van der Waals surface area (Å²) in [7, 11) is 4.31. The number of carboxylic acid groups (broad SMARTS) is 1. The maximum absolute atomic E-state index is 10.6. The van der Waals surface area contributed by atoms with Crippen molar-refractivity contribution in [2.24, 2.45) is 5.92 Å². The topological polar surface area (TPSA) is 52.6 Å². The molecule has 0 aromatic rings. The van der Waals surface area contributed by atoms with Crippen LogP contribution in [0.15, 0.2) is 0 Å². The molecule has 0 aromatic carbocycles. The molecule has 0 spiro atoms. The van der Waals surface area contributed by atoms with Gasteiger partial charge in [0.05, 0.1) is 0 Å². The van der Waals surface area contributed by atoms with Gasteiger partial charge in [0.2, 0.25) is 0 Å². The van der Waals surface area contributed by atoms with E-state index in [0.717, 1.165) is 5.92 Å². The minimum atomic E-state index is -5.08.